The van der Waals surface area contributed by atoms with Crippen molar-refractivity contribution in [3.63, 3.8) is 0 Å². The van der Waals surface area contributed by atoms with Crippen molar-refractivity contribution < 1.29 is 14.3 Å². The summed E-state index contributed by atoms with van der Waals surface area (Å²) >= 11 is 0. The lowest BCUT2D eigenvalue weighted by Crippen LogP contribution is -2.53. The fourth-order valence-electron chi connectivity index (χ4n) is 8.53. The largest absolute Gasteiger partial charge is 0.494 e. The molecule has 0 atom stereocenters. The summed E-state index contributed by atoms with van der Waals surface area (Å²) in [6.45, 7) is 15.1. The number of benzene rings is 2. The molecule has 53 heavy (non-hydrogen) atoms. The molecule has 0 radical (unpaired) electrons. The molecule has 5 heterocycles. The quantitative estimate of drug-likeness (QED) is 0.190. The number of methoxy groups -OCH3 is 1. The van der Waals surface area contributed by atoms with Gasteiger partial charge in [0, 0.05) is 98.5 Å². The van der Waals surface area contributed by atoms with Crippen LogP contribution in [0.25, 0.3) is 22.2 Å². The van der Waals surface area contributed by atoms with Crippen molar-refractivity contribution in [3.8, 4) is 17.0 Å². The fraction of sp³-hybridized carbons (Fsp3) is 0.548. The van der Waals surface area contributed by atoms with Crippen molar-refractivity contribution >= 4 is 34.3 Å². The van der Waals surface area contributed by atoms with Gasteiger partial charge in [0.2, 0.25) is 5.95 Å². The second-order valence-electron chi connectivity index (χ2n) is 16.4. The second kappa shape index (κ2) is 15.2. The summed E-state index contributed by atoms with van der Waals surface area (Å²) in [5, 5.41) is 4.67. The number of carbonyl (C=O) groups is 1. The van der Waals surface area contributed by atoms with Crippen molar-refractivity contribution in [3.05, 3.63) is 60.9 Å². The van der Waals surface area contributed by atoms with E-state index in [2.05, 4.69) is 78.2 Å². The Hall–Kier alpha value is -4.35. The molecule has 8 rings (SSSR count). The molecule has 1 amide bonds. The van der Waals surface area contributed by atoms with Gasteiger partial charge in [-0.2, -0.15) is 0 Å². The maximum atomic E-state index is 12.5. The van der Waals surface area contributed by atoms with Gasteiger partial charge in [0.15, 0.2) is 0 Å². The number of hydrogen-bond donors (Lipinski definition) is 1. The first kappa shape index (κ1) is 35.7. The first-order valence-electron chi connectivity index (χ1n) is 19.8. The first-order chi connectivity index (χ1) is 25.7. The minimum absolute atomic E-state index is 0.165. The highest BCUT2D eigenvalue weighted by molar-refractivity contribution is 5.95. The number of aromatic nitrogens is 3. The maximum Gasteiger partial charge on any atom is 0.410 e. The number of fused-ring (bicyclic) bond motifs is 1. The smallest absolute Gasteiger partial charge is 0.410 e. The molecular formula is C42H56N8O3. The number of amides is 1. The Morgan fingerprint density at radius 1 is 0.868 bits per heavy atom. The molecule has 0 unspecified atom stereocenters. The first-order valence-corrected chi connectivity index (χ1v) is 19.8. The molecule has 4 aliphatic rings. The standard InChI is InChI=1S/C42H56N8O3/c1-42(2,3)53-41(51)49-21-14-30(15-22-49)28-46-19-16-31(17-20-46)47-23-25-48(26-24-47)33-11-12-37(39(27-33)52-4)45-40-43-18-13-36(44-40)35-29-50(32-9-10-32)38-8-6-5-7-34(35)38/h5-8,11-13,18,27,29-32H,9-10,14-17,19-26,28H2,1-4H3,(H,43,44,45). The van der Waals surface area contributed by atoms with E-state index in [-0.39, 0.29) is 6.09 Å². The second-order valence-corrected chi connectivity index (χ2v) is 16.4. The number of rotatable bonds is 9. The third-order valence-corrected chi connectivity index (χ3v) is 11.6. The number of ether oxygens (including phenoxy) is 2. The summed E-state index contributed by atoms with van der Waals surface area (Å²) in [6, 6.07) is 18.3. The minimum atomic E-state index is -0.438. The molecule has 2 aromatic carbocycles. The third kappa shape index (κ3) is 8.26. The Labute approximate surface area is 314 Å². The number of piperidine rings is 2. The minimum Gasteiger partial charge on any atom is -0.494 e. The molecule has 11 nitrogen and oxygen atoms in total. The number of nitrogens with one attached hydrogen (secondary N) is 1. The van der Waals surface area contributed by atoms with Gasteiger partial charge in [-0.05, 0) is 103 Å². The van der Waals surface area contributed by atoms with Crippen molar-refractivity contribution in [2.45, 2.75) is 77.0 Å². The number of likely N-dealkylation sites (tertiary alicyclic amines) is 2. The summed E-state index contributed by atoms with van der Waals surface area (Å²) in [7, 11) is 1.73. The average molecular weight is 721 g/mol. The molecule has 3 saturated heterocycles. The highest BCUT2D eigenvalue weighted by Crippen LogP contribution is 2.41. The molecule has 1 N–H and O–H groups in total. The van der Waals surface area contributed by atoms with Gasteiger partial charge in [-0.3, -0.25) is 4.90 Å². The van der Waals surface area contributed by atoms with Gasteiger partial charge in [-0.1, -0.05) is 18.2 Å². The summed E-state index contributed by atoms with van der Waals surface area (Å²) in [5.74, 6) is 2.00. The van der Waals surface area contributed by atoms with Gasteiger partial charge < -0.3 is 34.1 Å². The van der Waals surface area contributed by atoms with Gasteiger partial charge in [0.1, 0.15) is 11.4 Å². The van der Waals surface area contributed by atoms with Crippen molar-refractivity contribution in [1.82, 2.24) is 29.2 Å². The molecule has 1 saturated carbocycles. The van der Waals surface area contributed by atoms with E-state index in [0.29, 0.717) is 23.9 Å². The topological polar surface area (TPSA) is 91.2 Å². The Morgan fingerprint density at radius 2 is 1.62 bits per heavy atom. The van der Waals surface area contributed by atoms with Gasteiger partial charge in [0.05, 0.1) is 18.5 Å². The zero-order chi connectivity index (χ0) is 36.5. The van der Waals surface area contributed by atoms with Crippen molar-refractivity contribution in [1.29, 1.82) is 0 Å². The van der Waals surface area contributed by atoms with Crippen LogP contribution in [0.15, 0.2) is 60.9 Å². The number of nitrogens with zero attached hydrogens (tertiary/aromatic N) is 7. The van der Waals surface area contributed by atoms with E-state index < -0.39 is 5.60 Å². The van der Waals surface area contributed by atoms with Crippen molar-refractivity contribution in [2.24, 2.45) is 5.92 Å². The van der Waals surface area contributed by atoms with E-state index in [0.717, 1.165) is 81.3 Å². The number of carbonyl (C=O) groups excluding carboxylic acids is 1. The summed E-state index contributed by atoms with van der Waals surface area (Å²) in [6.07, 6.45) is 11.0. The molecule has 4 fully saturated rings. The van der Waals surface area contributed by atoms with Crippen LogP contribution in [-0.2, 0) is 4.74 Å². The van der Waals surface area contributed by atoms with Crippen LogP contribution >= 0.6 is 0 Å². The lowest BCUT2D eigenvalue weighted by Gasteiger charge is -2.44. The predicted molar refractivity (Wildman–Crippen MR) is 211 cm³/mol. The van der Waals surface area contributed by atoms with E-state index >= 15 is 0 Å². The fourth-order valence-corrected chi connectivity index (χ4v) is 8.53. The van der Waals surface area contributed by atoms with Gasteiger partial charge in [-0.25, -0.2) is 14.8 Å². The van der Waals surface area contributed by atoms with Crippen LogP contribution < -0.4 is 15.0 Å². The van der Waals surface area contributed by atoms with Crippen LogP contribution in [0.4, 0.5) is 22.1 Å². The molecule has 3 aliphatic heterocycles. The number of para-hydroxylation sites is 1. The Balaban J connectivity index is 0.819. The summed E-state index contributed by atoms with van der Waals surface area (Å²) in [5.41, 5.74) is 4.92. The van der Waals surface area contributed by atoms with Crippen LogP contribution in [0, 0.1) is 5.92 Å². The molecule has 282 valence electrons. The number of hydrogen-bond acceptors (Lipinski definition) is 9. The normalized spacial score (nSPS) is 19.8. The van der Waals surface area contributed by atoms with Crippen LogP contribution in [0.3, 0.4) is 0 Å². The van der Waals surface area contributed by atoms with E-state index in [4.69, 9.17) is 14.5 Å². The van der Waals surface area contributed by atoms with Crippen molar-refractivity contribution in [2.75, 3.05) is 76.2 Å². The number of piperazine rings is 1. The zero-order valence-electron chi connectivity index (χ0n) is 32.0. The van der Waals surface area contributed by atoms with Crippen LogP contribution in [0.1, 0.15) is 65.3 Å². The lowest BCUT2D eigenvalue weighted by atomic mass is 9.94. The average Bonchev–Trinajstić information content (AvgIpc) is 3.94. The van der Waals surface area contributed by atoms with Crippen LogP contribution in [0.5, 0.6) is 5.75 Å². The molecule has 4 aromatic rings. The monoisotopic (exact) mass is 720 g/mol. The van der Waals surface area contributed by atoms with Gasteiger partial charge in [0.25, 0.3) is 0 Å². The van der Waals surface area contributed by atoms with Crippen LogP contribution in [-0.4, -0.2) is 113 Å². The highest BCUT2D eigenvalue weighted by Gasteiger charge is 2.31. The highest BCUT2D eigenvalue weighted by atomic mass is 16.6. The Bertz CT molecular complexity index is 1880. The van der Waals surface area contributed by atoms with E-state index in [9.17, 15) is 4.79 Å². The van der Waals surface area contributed by atoms with E-state index in [1.807, 2.05) is 37.9 Å². The maximum absolute atomic E-state index is 12.5. The van der Waals surface area contributed by atoms with E-state index in [1.54, 1.807) is 7.11 Å². The third-order valence-electron chi connectivity index (χ3n) is 11.6. The molecule has 0 bridgehead atoms. The molecule has 2 aromatic heterocycles. The molecule has 0 spiro atoms. The van der Waals surface area contributed by atoms with E-state index in [1.165, 1.54) is 55.4 Å². The lowest BCUT2D eigenvalue weighted by molar-refractivity contribution is 0.0158. The van der Waals surface area contributed by atoms with Gasteiger partial charge in [-0.15, -0.1) is 0 Å². The predicted octanol–water partition coefficient (Wildman–Crippen LogP) is 7.42. The SMILES string of the molecule is COc1cc(N2CCN(C3CCN(CC4CCN(C(=O)OC(C)(C)C)CC4)CC3)CC2)ccc1Nc1nccc(-c2cn(C3CC3)c3ccccc23)n1. The summed E-state index contributed by atoms with van der Waals surface area (Å²) < 4.78 is 13.9. The molecule has 1 aliphatic carbocycles. The Morgan fingerprint density at radius 3 is 2.34 bits per heavy atom. The van der Waals surface area contributed by atoms with Gasteiger partial charge >= 0.3 is 6.09 Å². The van der Waals surface area contributed by atoms with Crippen LogP contribution in [0.2, 0.25) is 0 Å². The summed E-state index contributed by atoms with van der Waals surface area (Å²) in [4.78, 5) is 31.7. The number of anilines is 3. The Kier molecular flexibility index (Phi) is 10.2. The molecule has 11 heteroatoms. The molecular weight excluding hydrogens is 665 g/mol. The zero-order valence-corrected chi connectivity index (χ0v) is 32.0.